The van der Waals surface area contributed by atoms with E-state index in [-0.39, 0.29) is 11.4 Å². The lowest BCUT2D eigenvalue weighted by Gasteiger charge is -2.34. The molecule has 0 spiro atoms. The first-order chi connectivity index (χ1) is 8.50. The molecule has 0 saturated carbocycles. The van der Waals surface area contributed by atoms with E-state index >= 15 is 0 Å². The Hall–Kier alpha value is -1.14. The van der Waals surface area contributed by atoms with Crippen LogP contribution in [-0.4, -0.2) is 29.6 Å². The summed E-state index contributed by atoms with van der Waals surface area (Å²) in [6.45, 7) is 3.39. The fourth-order valence-corrected chi connectivity index (χ4v) is 2.31. The van der Waals surface area contributed by atoms with Crippen molar-refractivity contribution in [3.05, 3.63) is 22.3 Å². The first kappa shape index (κ1) is 13.3. The lowest BCUT2D eigenvalue weighted by molar-refractivity contribution is 0.0422. The topological polar surface area (TPSA) is 77.2 Å². The van der Waals surface area contributed by atoms with E-state index in [1.165, 1.54) is 6.20 Å². The van der Waals surface area contributed by atoms with Crippen molar-refractivity contribution in [3.63, 3.8) is 0 Å². The minimum absolute atomic E-state index is 0.139. The predicted octanol–water partition coefficient (Wildman–Crippen LogP) is 1.73. The van der Waals surface area contributed by atoms with Gasteiger partial charge in [-0.25, -0.2) is 4.98 Å². The molecular weight excluding hydrogens is 298 g/mol. The molecule has 1 saturated heterocycles. The lowest BCUT2D eigenvalue weighted by Crippen LogP contribution is -2.49. The summed E-state index contributed by atoms with van der Waals surface area (Å²) in [5, 5.41) is 3.05. The van der Waals surface area contributed by atoms with E-state index in [0.717, 1.165) is 12.8 Å². The number of nitrogen functional groups attached to an aromatic ring is 1. The van der Waals surface area contributed by atoms with Crippen molar-refractivity contribution >= 4 is 27.7 Å². The van der Waals surface area contributed by atoms with Crippen molar-refractivity contribution in [1.29, 1.82) is 0 Å². The number of carbonyl (C=O) groups excluding carboxylic acids is 1. The van der Waals surface area contributed by atoms with Gasteiger partial charge in [-0.1, -0.05) is 0 Å². The molecule has 0 aromatic carbocycles. The minimum atomic E-state index is -0.215. The molecule has 1 amide bonds. The second-order valence-electron chi connectivity index (χ2n) is 4.72. The third kappa shape index (κ3) is 3.00. The largest absolute Gasteiger partial charge is 0.384 e. The molecule has 1 aliphatic rings. The number of anilines is 1. The number of hydrogen-bond donors (Lipinski definition) is 2. The summed E-state index contributed by atoms with van der Waals surface area (Å²) in [5.41, 5.74) is 5.89. The summed E-state index contributed by atoms with van der Waals surface area (Å²) in [6, 6.07) is 1.57. The molecule has 0 radical (unpaired) electrons. The molecule has 98 valence electrons. The Morgan fingerprint density at radius 2 is 2.22 bits per heavy atom. The van der Waals surface area contributed by atoms with Crippen molar-refractivity contribution in [2.45, 2.75) is 25.3 Å². The van der Waals surface area contributed by atoms with E-state index in [9.17, 15) is 4.79 Å². The predicted molar refractivity (Wildman–Crippen MR) is 72.3 cm³/mol. The van der Waals surface area contributed by atoms with E-state index < -0.39 is 0 Å². The van der Waals surface area contributed by atoms with Crippen LogP contribution in [0.3, 0.4) is 0 Å². The maximum atomic E-state index is 12.2. The summed E-state index contributed by atoms with van der Waals surface area (Å²) in [7, 11) is 0. The first-order valence-electron chi connectivity index (χ1n) is 5.81. The normalized spacial score (nSPS) is 18.3. The molecule has 0 atom stereocenters. The van der Waals surface area contributed by atoms with Crippen molar-refractivity contribution in [2.75, 3.05) is 18.9 Å². The summed E-state index contributed by atoms with van der Waals surface area (Å²) < 4.78 is 5.95. The lowest BCUT2D eigenvalue weighted by atomic mass is 9.92. The van der Waals surface area contributed by atoms with Gasteiger partial charge in [0.2, 0.25) is 0 Å². The molecule has 0 bridgehead atoms. The van der Waals surface area contributed by atoms with E-state index in [4.69, 9.17) is 10.5 Å². The van der Waals surface area contributed by atoms with Crippen LogP contribution in [0.1, 0.15) is 30.1 Å². The fraction of sp³-hybridized carbons (Fsp3) is 0.500. The van der Waals surface area contributed by atoms with Gasteiger partial charge in [-0.2, -0.15) is 0 Å². The average molecular weight is 314 g/mol. The van der Waals surface area contributed by atoms with Crippen LogP contribution in [0.15, 0.2) is 16.7 Å². The van der Waals surface area contributed by atoms with Crippen molar-refractivity contribution in [1.82, 2.24) is 10.3 Å². The number of aromatic nitrogens is 1. The molecule has 1 aromatic rings. The van der Waals surface area contributed by atoms with Crippen LogP contribution in [-0.2, 0) is 4.74 Å². The SMILES string of the molecule is CC1(NC(=O)c2cc(N)ncc2Br)CCOCC1. The van der Waals surface area contributed by atoms with Crippen LogP contribution in [0, 0.1) is 0 Å². The van der Waals surface area contributed by atoms with Gasteiger partial charge in [-0.3, -0.25) is 4.79 Å². The highest BCUT2D eigenvalue weighted by molar-refractivity contribution is 9.10. The Balaban J connectivity index is 2.14. The number of nitrogens with zero attached hydrogens (tertiary/aromatic N) is 1. The van der Waals surface area contributed by atoms with Gasteiger partial charge in [0.15, 0.2) is 0 Å². The number of amides is 1. The fourth-order valence-electron chi connectivity index (χ4n) is 1.92. The zero-order valence-corrected chi connectivity index (χ0v) is 11.8. The van der Waals surface area contributed by atoms with Gasteiger partial charge in [0, 0.05) is 29.4 Å². The summed E-state index contributed by atoms with van der Waals surface area (Å²) in [6.07, 6.45) is 3.17. The molecule has 2 heterocycles. The standard InChI is InChI=1S/C12H16BrN3O2/c1-12(2-4-18-5-3-12)16-11(17)8-6-10(14)15-7-9(8)13/h6-7H,2-5H2,1H3,(H2,14,15)(H,16,17). The Morgan fingerprint density at radius 1 is 1.56 bits per heavy atom. The van der Waals surface area contributed by atoms with Gasteiger partial charge in [0.25, 0.3) is 5.91 Å². The first-order valence-corrected chi connectivity index (χ1v) is 6.61. The molecule has 3 N–H and O–H groups in total. The third-order valence-electron chi connectivity index (χ3n) is 3.13. The molecular formula is C12H16BrN3O2. The maximum Gasteiger partial charge on any atom is 0.253 e. The molecule has 5 nitrogen and oxygen atoms in total. The van der Waals surface area contributed by atoms with Gasteiger partial charge in [-0.05, 0) is 41.8 Å². The van der Waals surface area contributed by atoms with Gasteiger partial charge >= 0.3 is 0 Å². The minimum Gasteiger partial charge on any atom is -0.384 e. The monoisotopic (exact) mass is 313 g/mol. The summed E-state index contributed by atoms with van der Waals surface area (Å²) >= 11 is 3.31. The molecule has 1 aromatic heterocycles. The van der Waals surface area contributed by atoms with Crippen LogP contribution in [0.4, 0.5) is 5.82 Å². The number of carbonyl (C=O) groups is 1. The van der Waals surface area contributed by atoms with E-state index in [0.29, 0.717) is 29.1 Å². The van der Waals surface area contributed by atoms with Gasteiger partial charge in [-0.15, -0.1) is 0 Å². The number of rotatable bonds is 2. The molecule has 6 heteroatoms. The molecule has 0 aliphatic carbocycles. The van der Waals surface area contributed by atoms with Crippen LogP contribution in [0.25, 0.3) is 0 Å². The third-order valence-corrected chi connectivity index (χ3v) is 3.76. The van der Waals surface area contributed by atoms with Gasteiger partial charge < -0.3 is 15.8 Å². The maximum absolute atomic E-state index is 12.2. The molecule has 18 heavy (non-hydrogen) atoms. The quantitative estimate of drug-likeness (QED) is 0.871. The Morgan fingerprint density at radius 3 is 2.89 bits per heavy atom. The number of nitrogens with two attached hydrogens (primary N) is 1. The van der Waals surface area contributed by atoms with Crippen molar-refractivity contribution in [3.8, 4) is 0 Å². The number of nitrogens with one attached hydrogen (secondary N) is 1. The van der Waals surface area contributed by atoms with Crippen LogP contribution in [0.2, 0.25) is 0 Å². The van der Waals surface area contributed by atoms with E-state index in [1.807, 2.05) is 6.92 Å². The highest BCUT2D eigenvalue weighted by Gasteiger charge is 2.29. The van der Waals surface area contributed by atoms with Crippen LogP contribution in [0.5, 0.6) is 0 Å². The second-order valence-corrected chi connectivity index (χ2v) is 5.57. The molecule has 0 unspecified atom stereocenters. The van der Waals surface area contributed by atoms with Crippen molar-refractivity contribution in [2.24, 2.45) is 0 Å². The zero-order valence-electron chi connectivity index (χ0n) is 10.2. The molecule has 1 fully saturated rings. The van der Waals surface area contributed by atoms with Gasteiger partial charge in [0.05, 0.1) is 5.56 Å². The van der Waals surface area contributed by atoms with E-state index in [1.54, 1.807) is 6.07 Å². The number of pyridine rings is 1. The van der Waals surface area contributed by atoms with Crippen LogP contribution >= 0.6 is 15.9 Å². The Bertz CT molecular complexity index is 459. The Kier molecular flexibility index (Phi) is 3.87. The summed E-state index contributed by atoms with van der Waals surface area (Å²) in [5.74, 6) is 0.195. The second kappa shape index (κ2) is 5.24. The van der Waals surface area contributed by atoms with Crippen molar-refractivity contribution < 1.29 is 9.53 Å². The molecule has 1 aliphatic heterocycles. The highest BCUT2D eigenvalue weighted by atomic mass is 79.9. The van der Waals surface area contributed by atoms with Gasteiger partial charge in [0.1, 0.15) is 5.82 Å². The molecule has 2 rings (SSSR count). The number of hydrogen-bond acceptors (Lipinski definition) is 4. The summed E-state index contributed by atoms with van der Waals surface area (Å²) in [4.78, 5) is 16.1. The zero-order chi connectivity index (χ0) is 13.2. The average Bonchev–Trinajstić information content (AvgIpc) is 2.32. The number of ether oxygens (including phenoxy) is 1. The van der Waals surface area contributed by atoms with Crippen LogP contribution < -0.4 is 11.1 Å². The Labute approximate surface area is 114 Å². The highest BCUT2D eigenvalue weighted by Crippen LogP contribution is 2.22. The number of halogens is 1. The van der Waals surface area contributed by atoms with E-state index in [2.05, 4.69) is 26.2 Å². The smallest absolute Gasteiger partial charge is 0.253 e.